The van der Waals surface area contributed by atoms with Crippen molar-refractivity contribution in [3.8, 4) is 0 Å². The smallest absolute Gasteiger partial charge is 0.241 e. The van der Waals surface area contributed by atoms with Gasteiger partial charge in [-0.1, -0.05) is 30.7 Å². The maximum atomic E-state index is 12.2. The lowest BCUT2D eigenvalue weighted by molar-refractivity contribution is -0.119. The van der Waals surface area contributed by atoms with Crippen LogP contribution in [0, 0.1) is 12.8 Å². The van der Waals surface area contributed by atoms with Crippen LogP contribution in [-0.2, 0) is 4.79 Å². The average molecular weight is 267 g/mol. The topological polar surface area (TPSA) is 41.1 Å². The van der Waals surface area contributed by atoms with Gasteiger partial charge in [0.1, 0.15) is 0 Å². The van der Waals surface area contributed by atoms with Crippen molar-refractivity contribution in [1.29, 1.82) is 0 Å². The number of hydrogen-bond donors (Lipinski definition) is 2. The van der Waals surface area contributed by atoms with Crippen molar-refractivity contribution < 1.29 is 4.79 Å². The summed E-state index contributed by atoms with van der Waals surface area (Å²) in [7, 11) is 0. The van der Waals surface area contributed by atoms with Gasteiger partial charge >= 0.3 is 0 Å². The molecule has 18 heavy (non-hydrogen) atoms. The molecule has 0 saturated carbocycles. The highest BCUT2D eigenvalue weighted by molar-refractivity contribution is 6.34. The highest BCUT2D eigenvalue weighted by Crippen LogP contribution is 2.26. The molecule has 1 aromatic carbocycles. The van der Waals surface area contributed by atoms with E-state index < -0.39 is 0 Å². The molecule has 1 saturated heterocycles. The average Bonchev–Trinajstić information content (AvgIpc) is 2.34. The second-order valence-electron chi connectivity index (χ2n) is 5.06. The molecular formula is C14H19ClN2O. The van der Waals surface area contributed by atoms with Gasteiger partial charge in [0.2, 0.25) is 5.91 Å². The Kier molecular flexibility index (Phi) is 4.25. The summed E-state index contributed by atoms with van der Waals surface area (Å²) in [6.45, 7) is 5.03. The number of amides is 1. The molecule has 1 aliphatic rings. The molecule has 0 aromatic heterocycles. The Labute approximate surface area is 113 Å². The maximum absolute atomic E-state index is 12.2. The van der Waals surface area contributed by atoms with Crippen LogP contribution < -0.4 is 10.6 Å². The summed E-state index contributed by atoms with van der Waals surface area (Å²) in [6.07, 6.45) is 2.02. The summed E-state index contributed by atoms with van der Waals surface area (Å²) < 4.78 is 0. The van der Waals surface area contributed by atoms with Crippen molar-refractivity contribution in [2.24, 2.45) is 5.92 Å². The standard InChI is InChI=1S/C14H19ClN2O/c1-9-6-7-16-12(8-9)14(18)17-13-10(2)4-3-5-11(13)15/h3-5,9,12,16H,6-8H2,1-2H3,(H,17,18). The number of piperidine rings is 1. The third kappa shape index (κ3) is 3.03. The number of para-hydroxylation sites is 1. The fraction of sp³-hybridized carbons (Fsp3) is 0.500. The molecule has 98 valence electrons. The van der Waals surface area contributed by atoms with E-state index in [4.69, 9.17) is 11.6 Å². The molecule has 0 radical (unpaired) electrons. The molecule has 1 aliphatic heterocycles. The van der Waals surface area contributed by atoms with Crippen molar-refractivity contribution in [1.82, 2.24) is 5.32 Å². The van der Waals surface area contributed by atoms with Gasteiger partial charge in [-0.25, -0.2) is 0 Å². The molecule has 2 atom stereocenters. The Balaban J connectivity index is 2.07. The van der Waals surface area contributed by atoms with Crippen molar-refractivity contribution >= 4 is 23.2 Å². The third-order valence-corrected chi connectivity index (χ3v) is 3.77. The predicted octanol–water partition coefficient (Wildman–Crippen LogP) is 2.98. The van der Waals surface area contributed by atoms with Gasteiger partial charge in [0, 0.05) is 0 Å². The van der Waals surface area contributed by atoms with Crippen molar-refractivity contribution in [3.63, 3.8) is 0 Å². The number of carbonyl (C=O) groups excluding carboxylic acids is 1. The largest absolute Gasteiger partial charge is 0.323 e. The van der Waals surface area contributed by atoms with Gasteiger partial charge in [-0.15, -0.1) is 0 Å². The van der Waals surface area contributed by atoms with Crippen LogP contribution in [-0.4, -0.2) is 18.5 Å². The Bertz CT molecular complexity index is 427. The molecule has 1 heterocycles. The van der Waals surface area contributed by atoms with Gasteiger partial charge in [0.15, 0.2) is 0 Å². The summed E-state index contributed by atoms with van der Waals surface area (Å²) in [5, 5.41) is 6.78. The summed E-state index contributed by atoms with van der Waals surface area (Å²) in [4.78, 5) is 12.2. The lowest BCUT2D eigenvalue weighted by atomic mass is 9.94. The zero-order valence-corrected chi connectivity index (χ0v) is 11.6. The van der Waals surface area contributed by atoms with Crippen LogP contribution in [0.2, 0.25) is 5.02 Å². The summed E-state index contributed by atoms with van der Waals surface area (Å²) in [5.41, 5.74) is 1.71. The summed E-state index contributed by atoms with van der Waals surface area (Å²) in [5.74, 6) is 0.604. The van der Waals surface area contributed by atoms with E-state index in [1.165, 1.54) is 0 Å². The molecule has 3 nitrogen and oxygen atoms in total. The predicted molar refractivity (Wildman–Crippen MR) is 75.0 cm³/mol. The van der Waals surface area contributed by atoms with Crippen LogP contribution in [0.15, 0.2) is 18.2 Å². The first kappa shape index (κ1) is 13.4. The lowest BCUT2D eigenvalue weighted by Crippen LogP contribution is -2.45. The van der Waals surface area contributed by atoms with Crippen LogP contribution in [0.4, 0.5) is 5.69 Å². The van der Waals surface area contributed by atoms with E-state index in [1.807, 2.05) is 19.1 Å². The number of carbonyl (C=O) groups is 1. The molecule has 2 N–H and O–H groups in total. The van der Waals surface area contributed by atoms with Crippen LogP contribution in [0.25, 0.3) is 0 Å². The van der Waals surface area contributed by atoms with Gasteiger partial charge in [-0.3, -0.25) is 4.79 Å². The Morgan fingerprint density at radius 1 is 1.50 bits per heavy atom. The van der Waals surface area contributed by atoms with E-state index in [0.717, 1.165) is 30.6 Å². The normalized spacial score (nSPS) is 23.7. The monoisotopic (exact) mass is 266 g/mol. The fourth-order valence-electron chi connectivity index (χ4n) is 2.31. The quantitative estimate of drug-likeness (QED) is 0.864. The van der Waals surface area contributed by atoms with Crippen LogP contribution in [0.1, 0.15) is 25.3 Å². The van der Waals surface area contributed by atoms with Gasteiger partial charge in [0.25, 0.3) is 0 Å². The van der Waals surface area contributed by atoms with E-state index in [2.05, 4.69) is 17.6 Å². The Morgan fingerprint density at radius 2 is 2.28 bits per heavy atom. The number of hydrogen-bond acceptors (Lipinski definition) is 2. The first-order valence-corrected chi connectivity index (χ1v) is 6.75. The molecule has 0 bridgehead atoms. The third-order valence-electron chi connectivity index (χ3n) is 3.45. The van der Waals surface area contributed by atoms with Gasteiger partial charge < -0.3 is 10.6 Å². The maximum Gasteiger partial charge on any atom is 0.241 e. The van der Waals surface area contributed by atoms with Gasteiger partial charge in [-0.2, -0.15) is 0 Å². The Hall–Kier alpha value is -1.06. The molecule has 2 unspecified atom stereocenters. The van der Waals surface area contributed by atoms with E-state index in [9.17, 15) is 4.79 Å². The molecule has 0 spiro atoms. The molecule has 1 amide bonds. The first-order chi connectivity index (χ1) is 8.58. The second-order valence-corrected chi connectivity index (χ2v) is 5.46. The van der Waals surface area contributed by atoms with Crippen LogP contribution in [0.5, 0.6) is 0 Å². The minimum Gasteiger partial charge on any atom is -0.323 e. The van der Waals surface area contributed by atoms with Crippen molar-refractivity contribution in [2.75, 3.05) is 11.9 Å². The highest BCUT2D eigenvalue weighted by Gasteiger charge is 2.25. The van der Waals surface area contributed by atoms with Gasteiger partial charge in [-0.05, 0) is 43.9 Å². The number of halogens is 1. The first-order valence-electron chi connectivity index (χ1n) is 6.37. The minimum atomic E-state index is -0.107. The van der Waals surface area contributed by atoms with E-state index >= 15 is 0 Å². The minimum absolute atomic E-state index is 0.0118. The van der Waals surface area contributed by atoms with E-state index in [-0.39, 0.29) is 11.9 Å². The van der Waals surface area contributed by atoms with Crippen molar-refractivity contribution in [2.45, 2.75) is 32.7 Å². The number of benzene rings is 1. The molecule has 0 aliphatic carbocycles. The SMILES string of the molecule is Cc1cccc(Cl)c1NC(=O)C1CC(C)CCN1. The second kappa shape index (κ2) is 5.72. The Morgan fingerprint density at radius 3 is 2.94 bits per heavy atom. The zero-order valence-electron chi connectivity index (χ0n) is 10.8. The molecule has 1 fully saturated rings. The number of rotatable bonds is 2. The highest BCUT2D eigenvalue weighted by atomic mass is 35.5. The number of nitrogens with one attached hydrogen (secondary N) is 2. The molecule has 1 aromatic rings. The number of anilines is 1. The zero-order chi connectivity index (χ0) is 13.1. The summed E-state index contributed by atoms with van der Waals surface area (Å²) in [6, 6.07) is 5.51. The number of aryl methyl sites for hydroxylation is 1. The molecule has 2 rings (SSSR count). The van der Waals surface area contributed by atoms with Gasteiger partial charge in [0.05, 0.1) is 16.8 Å². The van der Waals surface area contributed by atoms with E-state index in [0.29, 0.717) is 10.9 Å². The van der Waals surface area contributed by atoms with Crippen LogP contribution in [0.3, 0.4) is 0 Å². The summed E-state index contributed by atoms with van der Waals surface area (Å²) >= 11 is 6.11. The van der Waals surface area contributed by atoms with E-state index in [1.54, 1.807) is 6.07 Å². The lowest BCUT2D eigenvalue weighted by Gasteiger charge is -2.27. The fourth-order valence-corrected chi connectivity index (χ4v) is 2.58. The van der Waals surface area contributed by atoms with Crippen molar-refractivity contribution in [3.05, 3.63) is 28.8 Å². The van der Waals surface area contributed by atoms with Crippen LogP contribution >= 0.6 is 11.6 Å². The molecular weight excluding hydrogens is 248 g/mol. The molecule has 4 heteroatoms.